The monoisotopic (exact) mass is 409 g/mol. The number of methoxy groups -OCH3 is 1. The summed E-state index contributed by atoms with van der Waals surface area (Å²) in [6.07, 6.45) is 1.21. The standard InChI is InChI=1S/C22H20FN3O4/c1-29-20-18(21(24)27)25-12-17(19(20)30-13-15-5-3-2-4-6-15)22(28)26-11-14-7-9-16(23)10-8-14/h2-10,12H,11,13H2,1H3,(H2,24,27)(H,26,28). The second-order valence-electron chi connectivity index (χ2n) is 6.33. The number of amides is 2. The van der Waals surface area contributed by atoms with Crippen LogP contribution in [-0.4, -0.2) is 23.9 Å². The van der Waals surface area contributed by atoms with E-state index in [0.717, 1.165) is 5.56 Å². The van der Waals surface area contributed by atoms with Crippen LogP contribution < -0.4 is 20.5 Å². The third-order valence-electron chi connectivity index (χ3n) is 4.26. The van der Waals surface area contributed by atoms with Gasteiger partial charge in [0.2, 0.25) is 0 Å². The summed E-state index contributed by atoms with van der Waals surface area (Å²) in [6, 6.07) is 15.0. The van der Waals surface area contributed by atoms with Gasteiger partial charge in [0.1, 0.15) is 18.0 Å². The van der Waals surface area contributed by atoms with Gasteiger partial charge < -0.3 is 20.5 Å². The van der Waals surface area contributed by atoms with Crippen LogP contribution in [0, 0.1) is 5.82 Å². The molecule has 0 unspecified atom stereocenters. The first-order valence-electron chi connectivity index (χ1n) is 9.05. The molecule has 3 rings (SSSR count). The molecule has 1 heterocycles. The van der Waals surface area contributed by atoms with Crippen molar-refractivity contribution in [2.24, 2.45) is 5.73 Å². The topological polar surface area (TPSA) is 104 Å². The van der Waals surface area contributed by atoms with Crippen molar-refractivity contribution in [1.29, 1.82) is 0 Å². The number of aromatic nitrogens is 1. The lowest BCUT2D eigenvalue weighted by Gasteiger charge is -2.16. The molecule has 8 heteroatoms. The number of nitrogens with one attached hydrogen (secondary N) is 1. The van der Waals surface area contributed by atoms with Gasteiger partial charge in [-0.25, -0.2) is 9.37 Å². The molecule has 0 bridgehead atoms. The molecule has 3 N–H and O–H groups in total. The van der Waals surface area contributed by atoms with Crippen LogP contribution >= 0.6 is 0 Å². The molecule has 1 aromatic heterocycles. The smallest absolute Gasteiger partial charge is 0.271 e. The predicted octanol–water partition coefficient (Wildman–Crippen LogP) is 2.84. The van der Waals surface area contributed by atoms with E-state index in [0.29, 0.717) is 5.56 Å². The molecule has 2 amide bonds. The number of hydrogen-bond donors (Lipinski definition) is 2. The summed E-state index contributed by atoms with van der Waals surface area (Å²) in [7, 11) is 1.33. The van der Waals surface area contributed by atoms with Crippen molar-refractivity contribution in [2.45, 2.75) is 13.2 Å². The highest BCUT2D eigenvalue weighted by atomic mass is 19.1. The average molecular weight is 409 g/mol. The summed E-state index contributed by atoms with van der Waals surface area (Å²) in [4.78, 5) is 28.5. The fraction of sp³-hybridized carbons (Fsp3) is 0.136. The number of nitrogens with two attached hydrogens (primary N) is 1. The van der Waals surface area contributed by atoms with Crippen LogP contribution in [0.2, 0.25) is 0 Å². The Morgan fingerprint density at radius 3 is 2.37 bits per heavy atom. The van der Waals surface area contributed by atoms with Crippen molar-refractivity contribution in [2.75, 3.05) is 7.11 Å². The van der Waals surface area contributed by atoms with Crippen LogP contribution in [0.1, 0.15) is 32.0 Å². The van der Waals surface area contributed by atoms with E-state index in [9.17, 15) is 14.0 Å². The molecule has 0 spiro atoms. The van der Waals surface area contributed by atoms with Gasteiger partial charge in [0.25, 0.3) is 11.8 Å². The van der Waals surface area contributed by atoms with Crippen molar-refractivity contribution in [3.8, 4) is 11.5 Å². The minimum atomic E-state index is -0.810. The number of primary amides is 1. The summed E-state index contributed by atoms with van der Waals surface area (Å²) in [5, 5.41) is 2.72. The zero-order valence-corrected chi connectivity index (χ0v) is 16.2. The van der Waals surface area contributed by atoms with Gasteiger partial charge in [0.15, 0.2) is 17.2 Å². The minimum Gasteiger partial charge on any atom is -0.491 e. The van der Waals surface area contributed by atoms with E-state index >= 15 is 0 Å². The van der Waals surface area contributed by atoms with E-state index in [-0.39, 0.29) is 41.7 Å². The van der Waals surface area contributed by atoms with Crippen LogP contribution in [-0.2, 0) is 13.2 Å². The number of rotatable bonds is 8. The molecule has 0 saturated carbocycles. The highest BCUT2D eigenvalue weighted by molar-refractivity contribution is 6.01. The second-order valence-corrected chi connectivity index (χ2v) is 6.33. The van der Waals surface area contributed by atoms with Gasteiger partial charge in [-0.05, 0) is 23.3 Å². The van der Waals surface area contributed by atoms with Crippen LogP contribution in [0.25, 0.3) is 0 Å². The third kappa shape index (κ3) is 4.91. The molecular formula is C22H20FN3O4. The van der Waals surface area contributed by atoms with Gasteiger partial charge in [-0.2, -0.15) is 0 Å². The molecule has 0 radical (unpaired) electrons. The Morgan fingerprint density at radius 2 is 1.73 bits per heavy atom. The summed E-state index contributed by atoms with van der Waals surface area (Å²) < 4.78 is 24.2. The van der Waals surface area contributed by atoms with Crippen molar-refractivity contribution in [3.63, 3.8) is 0 Å². The zero-order valence-electron chi connectivity index (χ0n) is 16.2. The van der Waals surface area contributed by atoms with Gasteiger partial charge >= 0.3 is 0 Å². The van der Waals surface area contributed by atoms with E-state index in [1.807, 2.05) is 30.3 Å². The van der Waals surface area contributed by atoms with Gasteiger partial charge in [-0.3, -0.25) is 9.59 Å². The third-order valence-corrected chi connectivity index (χ3v) is 4.26. The molecule has 30 heavy (non-hydrogen) atoms. The minimum absolute atomic E-state index is 0.0205. The molecule has 0 aliphatic rings. The number of nitrogens with zero attached hydrogens (tertiary/aromatic N) is 1. The lowest BCUT2D eigenvalue weighted by Crippen LogP contribution is -2.25. The summed E-state index contributed by atoms with van der Waals surface area (Å²) >= 11 is 0. The molecular weight excluding hydrogens is 389 g/mol. The number of benzene rings is 2. The quantitative estimate of drug-likeness (QED) is 0.595. The second kappa shape index (κ2) is 9.51. The summed E-state index contributed by atoms with van der Waals surface area (Å²) in [6.45, 7) is 0.300. The number of halogens is 1. The molecule has 7 nitrogen and oxygen atoms in total. The van der Waals surface area contributed by atoms with Crippen LogP contribution in [0.4, 0.5) is 4.39 Å². The average Bonchev–Trinajstić information content (AvgIpc) is 2.76. The molecule has 2 aromatic carbocycles. The molecule has 154 valence electrons. The van der Waals surface area contributed by atoms with Crippen LogP contribution in [0.3, 0.4) is 0 Å². The number of hydrogen-bond acceptors (Lipinski definition) is 5. The first-order chi connectivity index (χ1) is 14.5. The molecule has 0 fully saturated rings. The maximum absolute atomic E-state index is 13.1. The Balaban J connectivity index is 1.88. The summed E-state index contributed by atoms with van der Waals surface area (Å²) in [5.74, 6) is -1.63. The van der Waals surface area contributed by atoms with E-state index in [1.54, 1.807) is 12.1 Å². The Bertz CT molecular complexity index is 1040. The fourth-order valence-corrected chi connectivity index (χ4v) is 2.76. The number of ether oxygens (including phenoxy) is 2. The number of carbonyl (C=O) groups is 2. The number of carbonyl (C=O) groups excluding carboxylic acids is 2. The maximum atomic E-state index is 13.1. The van der Waals surface area contributed by atoms with Gasteiger partial charge in [-0.15, -0.1) is 0 Å². The highest BCUT2D eigenvalue weighted by Crippen LogP contribution is 2.34. The number of pyridine rings is 1. The summed E-state index contributed by atoms with van der Waals surface area (Å²) in [5.41, 5.74) is 6.88. The molecule has 3 aromatic rings. The van der Waals surface area contributed by atoms with Crippen molar-refractivity contribution in [3.05, 3.63) is 89.0 Å². The van der Waals surface area contributed by atoms with Crippen molar-refractivity contribution < 1.29 is 23.5 Å². The van der Waals surface area contributed by atoms with E-state index in [1.165, 1.54) is 25.4 Å². The highest BCUT2D eigenvalue weighted by Gasteiger charge is 2.24. The Kier molecular flexibility index (Phi) is 6.59. The SMILES string of the molecule is COc1c(C(N)=O)ncc(C(=O)NCc2ccc(F)cc2)c1OCc1ccccc1. The normalized spacial score (nSPS) is 10.3. The van der Waals surface area contributed by atoms with Gasteiger partial charge in [-0.1, -0.05) is 42.5 Å². The molecule has 0 aliphatic carbocycles. The Morgan fingerprint density at radius 1 is 1.03 bits per heavy atom. The zero-order chi connectivity index (χ0) is 21.5. The lowest BCUT2D eigenvalue weighted by molar-refractivity contribution is 0.0939. The first-order valence-corrected chi connectivity index (χ1v) is 9.05. The van der Waals surface area contributed by atoms with E-state index < -0.39 is 11.8 Å². The van der Waals surface area contributed by atoms with Crippen molar-refractivity contribution in [1.82, 2.24) is 10.3 Å². The first kappa shape index (κ1) is 20.8. The van der Waals surface area contributed by atoms with Crippen molar-refractivity contribution >= 4 is 11.8 Å². The maximum Gasteiger partial charge on any atom is 0.271 e. The largest absolute Gasteiger partial charge is 0.491 e. The van der Waals surface area contributed by atoms with Crippen LogP contribution in [0.15, 0.2) is 60.8 Å². The fourth-order valence-electron chi connectivity index (χ4n) is 2.76. The van der Waals surface area contributed by atoms with Gasteiger partial charge in [0.05, 0.1) is 7.11 Å². The van der Waals surface area contributed by atoms with Crippen LogP contribution in [0.5, 0.6) is 11.5 Å². The molecule has 0 aliphatic heterocycles. The molecule has 0 atom stereocenters. The van der Waals surface area contributed by atoms with E-state index in [4.69, 9.17) is 15.2 Å². The predicted molar refractivity (Wildman–Crippen MR) is 108 cm³/mol. The Hall–Kier alpha value is -3.94. The van der Waals surface area contributed by atoms with E-state index in [2.05, 4.69) is 10.3 Å². The lowest BCUT2D eigenvalue weighted by atomic mass is 10.1. The Labute approximate surface area is 172 Å². The molecule has 0 saturated heterocycles. The van der Waals surface area contributed by atoms with Gasteiger partial charge in [0, 0.05) is 12.7 Å².